The van der Waals surface area contributed by atoms with Crippen molar-refractivity contribution in [1.29, 1.82) is 0 Å². The van der Waals surface area contributed by atoms with Crippen LogP contribution in [0.1, 0.15) is 6.92 Å². The fourth-order valence-corrected chi connectivity index (χ4v) is 0.899. The Balaban J connectivity index is 0.00000121. The summed E-state index contributed by atoms with van der Waals surface area (Å²) in [6, 6.07) is -0.164. The first-order valence-corrected chi connectivity index (χ1v) is 3.40. The normalized spacial score (nSPS) is 18.0. The molecule has 0 aromatic carbocycles. The third-order valence-corrected chi connectivity index (χ3v) is 1.37. The lowest BCUT2D eigenvalue weighted by molar-refractivity contribution is -0.136. The van der Waals surface area contributed by atoms with E-state index >= 15 is 0 Å². The number of carbonyl (C=O) groups excluding carboxylic acids is 2. The van der Waals surface area contributed by atoms with Gasteiger partial charge in [-0.15, -0.1) is 12.4 Å². The van der Waals surface area contributed by atoms with Gasteiger partial charge in [0.05, 0.1) is 0 Å². The molecule has 2 amide bonds. The van der Waals surface area contributed by atoms with Crippen LogP contribution in [-0.2, 0) is 9.59 Å². The molecule has 1 aliphatic rings. The molecule has 0 aromatic heterocycles. The zero-order valence-corrected chi connectivity index (χ0v) is 7.50. The third-order valence-electron chi connectivity index (χ3n) is 1.37. The average molecular weight is 191 g/mol. The summed E-state index contributed by atoms with van der Waals surface area (Å²) in [6.45, 7) is 2.05. The summed E-state index contributed by atoms with van der Waals surface area (Å²) in [5, 5.41) is 0. The minimum absolute atomic E-state index is 0. The second-order valence-electron chi connectivity index (χ2n) is 2.60. The standard InChI is InChI=1S/C7H10N2O2.ClH/c1-5(8)4-9-6(10)2-3-7(9)11;/h2-3,5H,4,8H2,1H3;1H. The van der Waals surface area contributed by atoms with E-state index in [1.807, 2.05) is 0 Å². The topological polar surface area (TPSA) is 63.4 Å². The number of hydrogen-bond acceptors (Lipinski definition) is 3. The smallest absolute Gasteiger partial charge is 0.253 e. The van der Waals surface area contributed by atoms with Crippen LogP contribution in [0.5, 0.6) is 0 Å². The quantitative estimate of drug-likeness (QED) is 0.607. The number of amides is 2. The molecule has 1 atom stereocenters. The molecule has 0 radical (unpaired) electrons. The van der Waals surface area contributed by atoms with E-state index in [-0.39, 0.29) is 30.3 Å². The van der Waals surface area contributed by atoms with Crippen LogP contribution < -0.4 is 5.73 Å². The molecule has 0 aliphatic carbocycles. The highest BCUT2D eigenvalue weighted by Gasteiger charge is 2.23. The van der Waals surface area contributed by atoms with E-state index in [0.29, 0.717) is 6.54 Å². The first-order valence-electron chi connectivity index (χ1n) is 3.40. The molecule has 0 saturated heterocycles. The lowest BCUT2D eigenvalue weighted by Gasteiger charge is -2.15. The van der Waals surface area contributed by atoms with Gasteiger partial charge in [0.2, 0.25) is 0 Å². The summed E-state index contributed by atoms with van der Waals surface area (Å²) in [4.78, 5) is 22.9. The predicted molar refractivity (Wildman–Crippen MR) is 46.8 cm³/mol. The van der Waals surface area contributed by atoms with Crippen LogP contribution >= 0.6 is 12.4 Å². The van der Waals surface area contributed by atoms with Crippen LogP contribution in [-0.4, -0.2) is 29.3 Å². The van der Waals surface area contributed by atoms with E-state index in [1.165, 1.54) is 12.2 Å². The first kappa shape index (κ1) is 11.1. The number of hydrogen-bond donors (Lipinski definition) is 1. The van der Waals surface area contributed by atoms with Crippen LogP contribution in [0.2, 0.25) is 0 Å². The maximum Gasteiger partial charge on any atom is 0.253 e. The van der Waals surface area contributed by atoms with Crippen LogP contribution in [0.3, 0.4) is 0 Å². The van der Waals surface area contributed by atoms with E-state index in [1.54, 1.807) is 6.92 Å². The molecule has 0 spiro atoms. The summed E-state index contributed by atoms with van der Waals surface area (Å²) >= 11 is 0. The Morgan fingerprint density at radius 3 is 2.17 bits per heavy atom. The number of rotatable bonds is 2. The maximum absolute atomic E-state index is 10.9. The highest BCUT2D eigenvalue weighted by Crippen LogP contribution is 2.02. The highest BCUT2D eigenvalue weighted by atomic mass is 35.5. The van der Waals surface area contributed by atoms with Gasteiger partial charge < -0.3 is 5.73 Å². The zero-order chi connectivity index (χ0) is 8.43. The van der Waals surface area contributed by atoms with Crippen molar-refractivity contribution in [2.24, 2.45) is 5.73 Å². The lowest BCUT2D eigenvalue weighted by atomic mass is 10.3. The summed E-state index contributed by atoms with van der Waals surface area (Å²) in [7, 11) is 0. The average Bonchev–Trinajstić information content (AvgIpc) is 2.18. The lowest BCUT2D eigenvalue weighted by Crippen LogP contribution is -2.39. The van der Waals surface area contributed by atoms with E-state index in [4.69, 9.17) is 5.73 Å². The third kappa shape index (κ3) is 2.32. The molecule has 4 nitrogen and oxygen atoms in total. The predicted octanol–water partition coefficient (Wildman–Crippen LogP) is -0.320. The van der Waals surface area contributed by atoms with Crippen LogP contribution in [0.25, 0.3) is 0 Å². The summed E-state index contributed by atoms with van der Waals surface area (Å²) in [6.07, 6.45) is 2.51. The SMILES string of the molecule is CC(N)CN1C(=O)C=CC1=O.Cl. The fraction of sp³-hybridized carbons (Fsp3) is 0.429. The molecular formula is C7H11ClN2O2. The van der Waals surface area contributed by atoms with E-state index in [0.717, 1.165) is 4.90 Å². The van der Waals surface area contributed by atoms with Crippen LogP contribution in [0, 0.1) is 0 Å². The molecule has 0 saturated carbocycles. The second-order valence-corrected chi connectivity index (χ2v) is 2.60. The highest BCUT2D eigenvalue weighted by molar-refractivity contribution is 6.12. The number of carbonyl (C=O) groups is 2. The molecule has 0 fully saturated rings. The van der Waals surface area contributed by atoms with Gasteiger partial charge in [-0.25, -0.2) is 0 Å². The van der Waals surface area contributed by atoms with E-state index < -0.39 is 0 Å². The molecule has 68 valence electrons. The first-order chi connectivity index (χ1) is 5.11. The minimum Gasteiger partial charge on any atom is -0.326 e. The fourth-order valence-electron chi connectivity index (χ4n) is 0.899. The molecule has 0 bridgehead atoms. The Bertz CT molecular complexity index is 207. The molecule has 0 aromatic rings. The van der Waals surface area contributed by atoms with Crippen molar-refractivity contribution >= 4 is 24.2 Å². The molecular weight excluding hydrogens is 180 g/mol. The number of nitrogens with two attached hydrogens (primary N) is 1. The van der Waals surface area contributed by atoms with Crippen molar-refractivity contribution in [1.82, 2.24) is 4.90 Å². The van der Waals surface area contributed by atoms with Gasteiger partial charge in [-0.2, -0.15) is 0 Å². The molecule has 1 unspecified atom stereocenters. The summed E-state index contributed by atoms with van der Waals surface area (Å²) in [5.41, 5.74) is 5.42. The van der Waals surface area contributed by atoms with Gasteiger partial charge in [0.25, 0.3) is 11.8 Å². The zero-order valence-electron chi connectivity index (χ0n) is 6.69. The van der Waals surface area contributed by atoms with Crippen LogP contribution in [0.4, 0.5) is 0 Å². The van der Waals surface area contributed by atoms with Gasteiger partial charge in [-0.3, -0.25) is 14.5 Å². The van der Waals surface area contributed by atoms with Crippen molar-refractivity contribution in [3.05, 3.63) is 12.2 Å². The number of imide groups is 1. The number of nitrogens with zero attached hydrogens (tertiary/aromatic N) is 1. The van der Waals surface area contributed by atoms with Gasteiger partial charge in [0.15, 0.2) is 0 Å². The van der Waals surface area contributed by atoms with Crippen molar-refractivity contribution in [2.75, 3.05) is 6.54 Å². The maximum atomic E-state index is 10.9. The number of halogens is 1. The second kappa shape index (κ2) is 4.23. The Kier molecular flexibility index (Phi) is 3.92. The van der Waals surface area contributed by atoms with Gasteiger partial charge >= 0.3 is 0 Å². The van der Waals surface area contributed by atoms with Crippen LogP contribution in [0.15, 0.2) is 12.2 Å². The van der Waals surface area contributed by atoms with Crippen molar-refractivity contribution < 1.29 is 9.59 Å². The van der Waals surface area contributed by atoms with Crippen molar-refractivity contribution in [3.8, 4) is 0 Å². The Morgan fingerprint density at radius 1 is 1.42 bits per heavy atom. The molecule has 2 N–H and O–H groups in total. The Morgan fingerprint density at radius 2 is 1.83 bits per heavy atom. The van der Waals surface area contributed by atoms with Gasteiger partial charge in [0.1, 0.15) is 0 Å². The summed E-state index contributed by atoms with van der Waals surface area (Å²) < 4.78 is 0. The van der Waals surface area contributed by atoms with E-state index in [9.17, 15) is 9.59 Å². The molecule has 5 heteroatoms. The minimum atomic E-state index is -0.271. The Labute approximate surface area is 76.8 Å². The molecule has 12 heavy (non-hydrogen) atoms. The summed E-state index contributed by atoms with van der Waals surface area (Å²) in [5.74, 6) is -0.542. The molecule has 1 aliphatic heterocycles. The largest absolute Gasteiger partial charge is 0.326 e. The van der Waals surface area contributed by atoms with Crippen molar-refractivity contribution in [3.63, 3.8) is 0 Å². The molecule has 1 rings (SSSR count). The molecule has 1 heterocycles. The van der Waals surface area contributed by atoms with Gasteiger partial charge in [-0.1, -0.05) is 0 Å². The van der Waals surface area contributed by atoms with Gasteiger partial charge in [0, 0.05) is 24.7 Å². The Hall–Kier alpha value is -0.870. The monoisotopic (exact) mass is 190 g/mol. The van der Waals surface area contributed by atoms with Gasteiger partial charge in [-0.05, 0) is 6.92 Å². The van der Waals surface area contributed by atoms with E-state index in [2.05, 4.69) is 0 Å². The van der Waals surface area contributed by atoms with Crippen molar-refractivity contribution in [2.45, 2.75) is 13.0 Å².